The molecule has 2 aromatic rings. The number of aromatic nitrogens is 2. The quantitative estimate of drug-likeness (QED) is 0.436. The molecule has 5 nitrogen and oxygen atoms in total. The van der Waals surface area contributed by atoms with Crippen LogP contribution >= 0.6 is 24.4 Å². The Kier molecular flexibility index (Phi) is 4.78. The molecule has 0 unspecified atom stereocenters. The van der Waals surface area contributed by atoms with Crippen molar-refractivity contribution in [3.8, 4) is 39.8 Å². The highest BCUT2D eigenvalue weighted by atomic mass is 32.1. The number of hydrogen-bond acceptors (Lipinski definition) is 7. The lowest BCUT2D eigenvalue weighted by Crippen LogP contribution is -1.96. The Morgan fingerprint density at radius 1 is 0.679 bits per heavy atom. The smallest absolute Gasteiger partial charge is 0.203 e. The second kappa shape index (κ2) is 7.26. The molecule has 28 heavy (non-hydrogen) atoms. The van der Waals surface area contributed by atoms with E-state index in [0.717, 1.165) is 27.3 Å². The van der Waals surface area contributed by atoms with Crippen LogP contribution in [0.3, 0.4) is 0 Å². The molecule has 0 saturated carbocycles. The summed E-state index contributed by atoms with van der Waals surface area (Å²) in [6.45, 7) is 0. The summed E-state index contributed by atoms with van der Waals surface area (Å²) in [4.78, 5) is 9.24. The third-order valence-corrected chi connectivity index (χ3v) is 5.15. The molecule has 7 heteroatoms. The molecule has 2 aliphatic rings. The zero-order valence-electron chi connectivity index (χ0n) is 15.5. The topological polar surface area (TPSA) is 53.5 Å². The van der Waals surface area contributed by atoms with Crippen LogP contribution in [0.2, 0.25) is 0 Å². The molecule has 0 radical (unpaired) electrons. The van der Waals surface area contributed by atoms with Crippen LogP contribution in [0, 0.1) is 19.7 Å². The number of rotatable bonds is 5. The van der Waals surface area contributed by atoms with Crippen molar-refractivity contribution in [2.75, 3.05) is 21.3 Å². The van der Waals surface area contributed by atoms with E-state index < -0.39 is 0 Å². The molecule has 0 bridgehead atoms. The van der Waals surface area contributed by atoms with Crippen molar-refractivity contribution in [3.05, 3.63) is 62.2 Å². The minimum atomic E-state index is 0.473. The number of methoxy groups -OCH3 is 3. The van der Waals surface area contributed by atoms with Gasteiger partial charge in [0.05, 0.1) is 43.2 Å². The van der Waals surface area contributed by atoms with Gasteiger partial charge in [0.25, 0.3) is 0 Å². The van der Waals surface area contributed by atoms with Crippen molar-refractivity contribution >= 4 is 24.4 Å². The minimum absolute atomic E-state index is 0.473. The lowest BCUT2D eigenvalue weighted by atomic mass is 10.1. The van der Waals surface area contributed by atoms with E-state index in [0.29, 0.717) is 32.2 Å². The molecular formula is C21H16N2O3S2. The minimum Gasteiger partial charge on any atom is -0.493 e. The maximum Gasteiger partial charge on any atom is 0.203 e. The summed E-state index contributed by atoms with van der Waals surface area (Å²) < 4.78 is 17.3. The van der Waals surface area contributed by atoms with Gasteiger partial charge in [0.15, 0.2) is 11.5 Å². The second-order valence-corrected chi connectivity index (χ2v) is 6.83. The van der Waals surface area contributed by atoms with Gasteiger partial charge in [-0.2, -0.15) is 0 Å². The van der Waals surface area contributed by atoms with E-state index in [9.17, 15) is 0 Å². The Balaban J connectivity index is 2.04. The summed E-state index contributed by atoms with van der Waals surface area (Å²) in [6.07, 6.45) is 0. The van der Waals surface area contributed by atoms with E-state index in [4.69, 9.17) is 38.6 Å². The molecule has 140 valence electrons. The van der Waals surface area contributed by atoms with Gasteiger partial charge in [-0.05, 0) is 12.1 Å². The van der Waals surface area contributed by atoms with Gasteiger partial charge in [-0.25, -0.2) is 9.97 Å². The largest absolute Gasteiger partial charge is 0.493 e. The molecule has 0 aliphatic carbocycles. The number of benzene rings is 2. The van der Waals surface area contributed by atoms with Crippen LogP contribution in [0.4, 0.5) is 0 Å². The summed E-state index contributed by atoms with van der Waals surface area (Å²) in [6, 6.07) is 13.5. The van der Waals surface area contributed by atoms with Gasteiger partial charge in [0.2, 0.25) is 5.75 Å². The van der Waals surface area contributed by atoms with Crippen molar-refractivity contribution in [2.24, 2.45) is 0 Å². The molecule has 4 rings (SSSR count). The highest BCUT2D eigenvalue weighted by molar-refractivity contribution is 7.71. The summed E-state index contributed by atoms with van der Waals surface area (Å²) >= 11 is 11.1. The van der Waals surface area contributed by atoms with Crippen LogP contribution in [0.25, 0.3) is 22.5 Å². The Hall–Kier alpha value is -2.90. The summed E-state index contributed by atoms with van der Waals surface area (Å²) in [5.74, 6) is 1.58. The molecule has 0 fully saturated rings. The zero-order chi connectivity index (χ0) is 19.8. The van der Waals surface area contributed by atoms with Crippen LogP contribution < -0.4 is 14.2 Å². The molecule has 0 spiro atoms. The Morgan fingerprint density at radius 2 is 1.18 bits per heavy atom. The molecule has 2 aromatic carbocycles. The molecule has 0 N–H and O–H groups in total. The fourth-order valence-corrected chi connectivity index (χ4v) is 3.89. The van der Waals surface area contributed by atoms with Gasteiger partial charge in [0.1, 0.15) is 9.28 Å². The van der Waals surface area contributed by atoms with Crippen molar-refractivity contribution in [3.63, 3.8) is 0 Å². The molecule has 0 aromatic heterocycles. The standard InChI is InChI=1S/C21H16N2O3S2/c1-24-13-9-12(10-14(25-2)19(13)26-3)18-16-15(20(27)23-18)17(22-21(16)28)11-7-5-4-6-8-11/h4-10H,1-3H3. The third-order valence-electron chi connectivity index (χ3n) is 4.56. The van der Waals surface area contributed by atoms with Gasteiger partial charge in [-0.3, -0.25) is 0 Å². The predicted octanol–water partition coefficient (Wildman–Crippen LogP) is 4.90. The molecule has 2 aliphatic heterocycles. The average molecular weight is 409 g/mol. The number of nitrogens with zero attached hydrogens (tertiary/aromatic N) is 2. The molecule has 0 saturated heterocycles. The van der Waals surface area contributed by atoms with Gasteiger partial charge >= 0.3 is 0 Å². The van der Waals surface area contributed by atoms with E-state index in [-0.39, 0.29) is 0 Å². The fourth-order valence-electron chi connectivity index (χ4n) is 3.31. The number of ether oxygens (including phenoxy) is 3. The SMILES string of the molecule is COc1cc(-c2nc(=S)c3c(-c4ccccc4)nc(=S)c2=3)cc(OC)c1OC. The maximum absolute atomic E-state index is 5.56. The first-order valence-corrected chi connectivity index (χ1v) is 9.27. The van der Waals surface area contributed by atoms with Crippen LogP contribution in [0.5, 0.6) is 17.2 Å². The van der Waals surface area contributed by atoms with Crippen molar-refractivity contribution in [1.29, 1.82) is 0 Å². The second-order valence-electron chi connectivity index (χ2n) is 6.06. The van der Waals surface area contributed by atoms with Crippen LogP contribution in [0.15, 0.2) is 42.5 Å². The monoisotopic (exact) mass is 408 g/mol. The molecule has 2 heterocycles. The Morgan fingerprint density at radius 3 is 1.64 bits per heavy atom. The highest BCUT2D eigenvalue weighted by Crippen LogP contribution is 2.41. The van der Waals surface area contributed by atoms with E-state index in [1.165, 1.54) is 0 Å². The first-order chi connectivity index (χ1) is 13.6. The van der Waals surface area contributed by atoms with Crippen molar-refractivity contribution in [2.45, 2.75) is 0 Å². The van der Waals surface area contributed by atoms with Crippen LogP contribution in [-0.4, -0.2) is 31.3 Å². The maximum atomic E-state index is 5.56. The third kappa shape index (κ3) is 2.83. The lowest BCUT2D eigenvalue weighted by molar-refractivity contribution is 0.324. The molecular weight excluding hydrogens is 392 g/mol. The number of hydrogen-bond donors (Lipinski definition) is 0. The molecule has 0 atom stereocenters. The van der Waals surface area contributed by atoms with E-state index in [1.807, 2.05) is 42.5 Å². The molecule has 0 amide bonds. The van der Waals surface area contributed by atoms with Gasteiger partial charge in [-0.1, -0.05) is 54.8 Å². The van der Waals surface area contributed by atoms with Crippen molar-refractivity contribution < 1.29 is 14.2 Å². The van der Waals surface area contributed by atoms with Crippen molar-refractivity contribution in [1.82, 2.24) is 9.97 Å². The van der Waals surface area contributed by atoms with Crippen LogP contribution in [-0.2, 0) is 0 Å². The Bertz CT molecular complexity index is 1290. The average Bonchev–Trinajstić information content (AvgIpc) is 3.26. The fraction of sp³-hybridized carbons (Fsp3) is 0.143. The van der Waals surface area contributed by atoms with E-state index >= 15 is 0 Å². The van der Waals surface area contributed by atoms with E-state index in [2.05, 4.69) is 9.97 Å². The first-order valence-electron chi connectivity index (χ1n) is 8.46. The van der Waals surface area contributed by atoms with Gasteiger partial charge in [-0.15, -0.1) is 0 Å². The van der Waals surface area contributed by atoms with E-state index in [1.54, 1.807) is 21.3 Å². The predicted molar refractivity (Wildman–Crippen MR) is 112 cm³/mol. The van der Waals surface area contributed by atoms with Gasteiger partial charge < -0.3 is 14.2 Å². The summed E-state index contributed by atoms with van der Waals surface area (Å²) in [7, 11) is 4.71. The summed E-state index contributed by atoms with van der Waals surface area (Å²) in [5.41, 5.74) is 3.16. The van der Waals surface area contributed by atoms with Gasteiger partial charge in [0, 0.05) is 11.1 Å². The lowest BCUT2D eigenvalue weighted by Gasteiger charge is -2.13. The van der Waals surface area contributed by atoms with Crippen LogP contribution in [0.1, 0.15) is 0 Å². The first kappa shape index (κ1) is 18.5. The normalized spacial score (nSPS) is 11.0. The Labute approximate surface area is 171 Å². The zero-order valence-corrected chi connectivity index (χ0v) is 17.1. The summed E-state index contributed by atoms with van der Waals surface area (Å²) in [5, 5.41) is 1.57. The highest BCUT2D eigenvalue weighted by Gasteiger charge is 2.20.